The topological polar surface area (TPSA) is 231 Å². The van der Waals surface area contributed by atoms with E-state index in [-0.39, 0.29) is 19.3 Å². The number of ether oxygens (including phenoxy) is 3. The van der Waals surface area contributed by atoms with Crippen LogP contribution in [0.15, 0.2) is 182 Å². The van der Waals surface area contributed by atoms with E-state index in [0.717, 1.165) is 205 Å². The summed E-state index contributed by atoms with van der Waals surface area (Å²) in [5.41, 5.74) is 0. The molecule has 0 heterocycles. The van der Waals surface area contributed by atoms with Crippen molar-refractivity contribution in [3.63, 3.8) is 0 Å². The van der Waals surface area contributed by atoms with Gasteiger partial charge in [-0.15, -0.1) is 0 Å². The van der Waals surface area contributed by atoms with Crippen LogP contribution in [0.25, 0.3) is 0 Å². The van der Waals surface area contributed by atoms with Gasteiger partial charge in [0, 0.05) is 19.3 Å². The molecular formula is C93H154O16P2. The summed E-state index contributed by atoms with van der Waals surface area (Å²) in [5.74, 6) is -1.60. The van der Waals surface area contributed by atoms with Gasteiger partial charge in [0.15, 0.2) is 6.10 Å². The number of esters is 3. The number of phosphoric acid groups is 2. The molecule has 4 N–H and O–H groups in total. The summed E-state index contributed by atoms with van der Waals surface area (Å²) < 4.78 is 61.3. The highest BCUT2D eigenvalue weighted by Gasteiger charge is 2.29. The lowest BCUT2D eigenvalue weighted by atomic mass is 10.1. The van der Waals surface area contributed by atoms with E-state index in [4.69, 9.17) is 32.3 Å². The summed E-state index contributed by atoms with van der Waals surface area (Å²) in [6.07, 6.45) is 109. The van der Waals surface area contributed by atoms with Gasteiger partial charge < -0.3 is 34.2 Å². The van der Waals surface area contributed by atoms with Crippen LogP contribution in [0.4, 0.5) is 0 Å². The van der Waals surface area contributed by atoms with Crippen molar-refractivity contribution in [3.8, 4) is 0 Å². The molecule has 16 nitrogen and oxygen atoms in total. The summed E-state index contributed by atoms with van der Waals surface area (Å²) in [7, 11) is -9.81. The molecule has 111 heavy (non-hydrogen) atoms. The summed E-state index contributed by atoms with van der Waals surface area (Å²) in [6.45, 7) is 2.33. The van der Waals surface area contributed by atoms with Crippen LogP contribution in [0, 0.1) is 0 Å². The second kappa shape index (κ2) is 84.1. The highest BCUT2D eigenvalue weighted by atomic mass is 31.2. The average molecular weight is 1590 g/mol. The molecule has 18 heteroatoms. The maximum atomic E-state index is 13.0. The Kier molecular flexibility index (Phi) is 80.0. The number of aliphatic hydroxyl groups is 2. The van der Waals surface area contributed by atoms with Crippen molar-refractivity contribution in [1.29, 1.82) is 0 Å². The zero-order valence-electron chi connectivity index (χ0n) is 69.3. The molecule has 0 bridgehead atoms. The first kappa shape index (κ1) is 106. The van der Waals surface area contributed by atoms with E-state index < -0.39 is 91.5 Å². The predicted octanol–water partition coefficient (Wildman–Crippen LogP) is 26.1. The molecule has 0 spiro atoms. The monoisotopic (exact) mass is 1590 g/mol. The van der Waals surface area contributed by atoms with Crippen LogP contribution >= 0.6 is 15.6 Å². The van der Waals surface area contributed by atoms with Crippen molar-refractivity contribution in [3.05, 3.63) is 182 Å². The Bertz CT molecular complexity index is 2750. The third kappa shape index (κ3) is 85.4. The molecule has 0 aliphatic carbocycles. The number of allylic oxidation sites excluding steroid dienone is 30. The summed E-state index contributed by atoms with van der Waals surface area (Å²) >= 11 is 0. The smallest absolute Gasteiger partial charge is 0.463 e. The van der Waals surface area contributed by atoms with Gasteiger partial charge in [-0.05, 0) is 154 Å². The summed E-state index contributed by atoms with van der Waals surface area (Å²) in [5, 5.41) is 20.7. The first-order chi connectivity index (χ1) is 54.2. The van der Waals surface area contributed by atoms with Crippen LogP contribution < -0.4 is 0 Å². The lowest BCUT2D eigenvalue weighted by molar-refractivity contribution is -0.161. The standard InChI is InChI=1S/C93H154O16P2/c1-4-7-10-13-16-19-22-25-28-31-33-35-37-39-41-43-45-47-49-51-53-56-58-61-64-67-70-73-76-79-91(96)103-82-88(94)83-105-110(99,100)106-84-89(95)85-107-111(101,102)108-87-90(109-93(98)81-78-75-72-69-66-63-60-55-30-27-24-21-18-15-12-9-6-3)86-104-92(97)80-77-74-71-68-65-62-59-57-54-52-50-48-46-44-42-40-38-36-34-32-29-26-23-20-17-14-11-8-5-2/h7-12,16-21,25-30,33-36,39-42,45-48,88-90,94-95H,4-6,13-15,22-24,31-32,37-38,43-44,49-87H2,1-3H3,(H,99,100)(H,101,102)/b10-7-,11-8-,12-9-,19-16-,20-17-,21-18-,28-25-,29-26-,30-27-,35-33-,36-34-,41-39-,42-40-,47-45-,48-46-. The van der Waals surface area contributed by atoms with Crippen LogP contribution in [0.1, 0.15) is 329 Å². The molecule has 0 fully saturated rings. The van der Waals surface area contributed by atoms with Crippen molar-refractivity contribution in [2.75, 3.05) is 39.6 Å². The van der Waals surface area contributed by atoms with E-state index in [2.05, 4.69) is 203 Å². The van der Waals surface area contributed by atoms with Gasteiger partial charge in [-0.25, -0.2) is 9.13 Å². The van der Waals surface area contributed by atoms with Gasteiger partial charge in [0.2, 0.25) is 0 Å². The minimum Gasteiger partial charge on any atom is -0.463 e. The van der Waals surface area contributed by atoms with Crippen LogP contribution in [0.3, 0.4) is 0 Å². The number of rotatable bonds is 80. The third-order valence-corrected chi connectivity index (χ3v) is 19.5. The molecule has 0 amide bonds. The molecule has 0 aromatic heterocycles. The number of phosphoric ester groups is 2. The fraction of sp³-hybridized carbons (Fsp3) is 0.645. The van der Waals surface area contributed by atoms with Crippen LogP contribution in [0.5, 0.6) is 0 Å². The maximum Gasteiger partial charge on any atom is 0.472 e. The third-order valence-electron chi connectivity index (χ3n) is 17.6. The average Bonchev–Trinajstić information content (AvgIpc) is 0.901. The molecule has 632 valence electrons. The number of hydrogen-bond donors (Lipinski definition) is 4. The minimum absolute atomic E-state index is 0.0871. The lowest BCUT2D eigenvalue weighted by Gasteiger charge is -2.21. The van der Waals surface area contributed by atoms with Crippen molar-refractivity contribution >= 4 is 33.6 Å². The van der Waals surface area contributed by atoms with Crippen molar-refractivity contribution < 1.29 is 75.8 Å². The Morgan fingerprint density at radius 2 is 0.450 bits per heavy atom. The second-order valence-corrected chi connectivity index (χ2v) is 31.1. The SMILES string of the molecule is CC/C=C\C/C=C\C/C=C\C/C=C\C/C=C\C/C=C\CCCCCCCCCCCCC(=O)OCC(O)COP(=O)(O)OCC(O)COP(=O)(O)OCC(COC(=O)CCCCCCCCCCCC/C=C\C/C=C\C/C=C\C/C=C\C/C=C\C/C=C\CC)OC(=O)CCCCCCCCC/C=C\C/C=C\C/C=C\CC. The van der Waals surface area contributed by atoms with E-state index in [1.807, 2.05) is 0 Å². The van der Waals surface area contributed by atoms with Gasteiger partial charge in [0.25, 0.3) is 0 Å². The Morgan fingerprint density at radius 3 is 0.712 bits per heavy atom. The summed E-state index contributed by atoms with van der Waals surface area (Å²) in [6, 6.07) is 0. The minimum atomic E-state index is -4.95. The first-order valence-electron chi connectivity index (χ1n) is 43.1. The Hall–Kier alpha value is -5.35. The molecule has 0 aliphatic heterocycles. The molecule has 0 rings (SSSR count). The molecule has 5 atom stereocenters. The van der Waals surface area contributed by atoms with Crippen LogP contribution in [-0.2, 0) is 55.8 Å². The highest BCUT2D eigenvalue weighted by molar-refractivity contribution is 7.47. The fourth-order valence-corrected chi connectivity index (χ4v) is 12.8. The normalized spacial score (nSPS) is 14.8. The van der Waals surface area contributed by atoms with E-state index >= 15 is 0 Å². The van der Waals surface area contributed by atoms with E-state index in [1.165, 1.54) is 64.2 Å². The molecule has 0 aliphatic rings. The quantitative estimate of drug-likeness (QED) is 0.0146. The zero-order chi connectivity index (χ0) is 80.8. The molecule has 0 aromatic rings. The zero-order valence-corrected chi connectivity index (χ0v) is 71.1. The van der Waals surface area contributed by atoms with E-state index in [1.54, 1.807) is 0 Å². The predicted molar refractivity (Wildman–Crippen MR) is 463 cm³/mol. The Balaban J connectivity index is 4.60. The molecule has 0 saturated heterocycles. The number of carbonyl (C=O) groups excluding carboxylic acids is 3. The van der Waals surface area contributed by atoms with Gasteiger partial charge >= 0.3 is 33.6 Å². The number of aliphatic hydroxyl groups excluding tert-OH is 2. The fourth-order valence-electron chi connectivity index (χ4n) is 11.2. The second-order valence-electron chi connectivity index (χ2n) is 28.2. The largest absolute Gasteiger partial charge is 0.472 e. The number of unbranched alkanes of at least 4 members (excludes halogenated alkanes) is 27. The number of hydrogen-bond acceptors (Lipinski definition) is 14. The molecule has 5 unspecified atom stereocenters. The molecule has 0 saturated carbocycles. The van der Waals surface area contributed by atoms with E-state index in [0.29, 0.717) is 19.3 Å². The van der Waals surface area contributed by atoms with Crippen molar-refractivity contribution in [1.82, 2.24) is 0 Å². The molecular weight excluding hydrogens is 1430 g/mol. The number of carbonyl (C=O) groups is 3. The van der Waals surface area contributed by atoms with Gasteiger partial charge in [0.1, 0.15) is 25.4 Å². The molecule has 0 aromatic carbocycles. The van der Waals surface area contributed by atoms with Crippen molar-refractivity contribution in [2.45, 2.75) is 347 Å². The summed E-state index contributed by atoms with van der Waals surface area (Å²) in [4.78, 5) is 58.9. The van der Waals surface area contributed by atoms with Gasteiger partial charge in [0.05, 0.1) is 26.4 Å². The molecule has 0 radical (unpaired) electrons. The van der Waals surface area contributed by atoms with Crippen molar-refractivity contribution in [2.24, 2.45) is 0 Å². The highest BCUT2D eigenvalue weighted by Crippen LogP contribution is 2.45. The van der Waals surface area contributed by atoms with Gasteiger partial charge in [-0.1, -0.05) is 338 Å². The van der Waals surface area contributed by atoms with Gasteiger partial charge in [-0.2, -0.15) is 0 Å². The van der Waals surface area contributed by atoms with E-state index in [9.17, 15) is 43.5 Å². The van der Waals surface area contributed by atoms with Gasteiger partial charge in [-0.3, -0.25) is 32.5 Å². The Morgan fingerprint density at radius 1 is 0.252 bits per heavy atom. The Labute approximate surface area is 675 Å². The first-order valence-corrected chi connectivity index (χ1v) is 46.1. The van der Waals surface area contributed by atoms with Crippen LogP contribution in [-0.4, -0.2) is 95.9 Å². The van der Waals surface area contributed by atoms with Crippen LogP contribution in [0.2, 0.25) is 0 Å². The lowest BCUT2D eigenvalue weighted by Crippen LogP contribution is -2.30. The maximum absolute atomic E-state index is 13.0.